The molecule has 31 heavy (non-hydrogen) atoms. The van der Waals surface area contributed by atoms with E-state index in [0.717, 1.165) is 17.5 Å². The van der Waals surface area contributed by atoms with Gasteiger partial charge in [-0.05, 0) is 17.7 Å². The predicted octanol–water partition coefficient (Wildman–Crippen LogP) is 0.696. The van der Waals surface area contributed by atoms with Gasteiger partial charge in [-0.3, -0.25) is 4.79 Å². The van der Waals surface area contributed by atoms with E-state index in [1.54, 1.807) is 30.5 Å². The summed E-state index contributed by atoms with van der Waals surface area (Å²) in [5.74, 6) is 5.61. The van der Waals surface area contributed by atoms with Gasteiger partial charge in [-0.25, -0.2) is 14.6 Å². The van der Waals surface area contributed by atoms with E-state index >= 15 is 0 Å². The number of hydrogen-bond donors (Lipinski definition) is 1. The molecule has 2 N–H and O–H groups in total. The Bertz CT molecular complexity index is 1210. The molecule has 0 aliphatic heterocycles. The van der Waals surface area contributed by atoms with E-state index in [9.17, 15) is 9.90 Å². The van der Waals surface area contributed by atoms with Crippen molar-refractivity contribution in [3.8, 4) is 11.6 Å². The molecule has 0 radical (unpaired) electrons. The zero-order valence-electron chi connectivity index (χ0n) is 16.2. The van der Waals surface area contributed by atoms with Crippen molar-refractivity contribution in [1.29, 1.82) is 0 Å². The molecule has 11 nitrogen and oxygen atoms in total. The lowest BCUT2D eigenvalue weighted by Crippen LogP contribution is -2.39. The number of Topliss-reactive ketones (excluding diaryl/α,β-unsaturated/α-hetero) is 1. The van der Waals surface area contributed by atoms with Gasteiger partial charge in [-0.1, -0.05) is 41.7 Å². The first kappa shape index (κ1) is 20.8. The smallest absolute Gasteiger partial charge is 0.307 e. The van der Waals surface area contributed by atoms with E-state index < -0.39 is 11.7 Å². The normalized spacial score (nSPS) is 11.0. The van der Waals surface area contributed by atoms with Crippen LogP contribution in [0.25, 0.3) is 5.69 Å². The average molecular weight is 457 g/mol. The Morgan fingerprint density at radius 2 is 2.03 bits per heavy atom. The van der Waals surface area contributed by atoms with Crippen molar-refractivity contribution in [1.82, 2.24) is 30.1 Å². The van der Waals surface area contributed by atoms with Crippen LogP contribution in [0.1, 0.15) is 22.0 Å². The minimum absolute atomic E-state index is 0.0905. The molecule has 1 aromatic carbocycles. The molecule has 3 aromatic heterocycles. The number of aromatic nitrogens is 7. The van der Waals surface area contributed by atoms with E-state index in [4.69, 9.17) is 5.84 Å². The highest BCUT2D eigenvalue weighted by Gasteiger charge is 2.28. The average Bonchev–Trinajstić information content (AvgIpc) is 3.33. The molecule has 0 saturated carbocycles. The fraction of sp³-hybridized carbons (Fsp3) is 0.167. The molecule has 4 rings (SSSR count). The fourth-order valence-electron chi connectivity index (χ4n) is 2.55. The number of aryl methyl sites for hydroxylation is 1. The highest BCUT2D eigenvalue weighted by Crippen LogP contribution is 2.22. The topological polar surface area (TPSA) is 153 Å². The molecular weight excluding hydrogens is 440 g/mol. The third-order valence-electron chi connectivity index (χ3n) is 4.05. The Labute approximate surface area is 184 Å². The van der Waals surface area contributed by atoms with Crippen LogP contribution in [0.5, 0.6) is 5.95 Å². The minimum Gasteiger partial charge on any atom is -0.539 e. The number of rotatable bonds is 8. The summed E-state index contributed by atoms with van der Waals surface area (Å²) in [7, 11) is 0. The lowest BCUT2D eigenvalue weighted by Gasteiger charge is -2.03. The summed E-state index contributed by atoms with van der Waals surface area (Å²) < 4.78 is 7.17. The van der Waals surface area contributed by atoms with Crippen molar-refractivity contribution in [2.24, 2.45) is 0 Å². The van der Waals surface area contributed by atoms with Gasteiger partial charge in [-0.2, -0.15) is 0 Å². The quantitative estimate of drug-likeness (QED) is 0.131. The van der Waals surface area contributed by atoms with Crippen molar-refractivity contribution in [3.05, 3.63) is 59.8 Å². The Kier molecular flexibility index (Phi) is 6.13. The van der Waals surface area contributed by atoms with Gasteiger partial charge in [0.15, 0.2) is 16.9 Å². The first-order valence-electron chi connectivity index (χ1n) is 8.95. The molecule has 0 aliphatic rings. The molecule has 0 saturated heterocycles. The van der Waals surface area contributed by atoms with Crippen LogP contribution in [-0.4, -0.2) is 41.6 Å². The lowest BCUT2D eigenvalue weighted by atomic mass is 10.3. The summed E-state index contributed by atoms with van der Waals surface area (Å²) in [4.78, 5) is 21.2. The maximum Gasteiger partial charge on any atom is 0.307 e. The van der Waals surface area contributed by atoms with Crippen LogP contribution < -0.4 is 15.6 Å². The lowest BCUT2D eigenvalue weighted by molar-refractivity contribution is -0.672. The van der Waals surface area contributed by atoms with Gasteiger partial charge in [0, 0.05) is 24.0 Å². The maximum atomic E-state index is 12.7. The van der Waals surface area contributed by atoms with Crippen LogP contribution in [0.15, 0.2) is 57.4 Å². The Balaban J connectivity index is 1.42. The summed E-state index contributed by atoms with van der Waals surface area (Å²) in [5, 5.41) is 24.7. The summed E-state index contributed by atoms with van der Waals surface area (Å²) in [6.45, 7) is 1.88. The molecular formula is C18H16N8O3S2. The fourth-order valence-corrected chi connectivity index (χ4v) is 4.09. The number of benzene rings is 1. The molecule has 158 valence electrons. The number of ketones is 1. The molecule has 13 heteroatoms. The van der Waals surface area contributed by atoms with Gasteiger partial charge in [-0.15, -0.1) is 10.2 Å². The number of nitrogens with two attached hydrogens (primary N) is 1. The van der Waals surface area contributed by atoms with Crippen molar-refractivity contribution in [3.63, 3.8) is 0 Å². The number of hydrogen-bond acceptors (Lipinski definition) is 11. The molecule has 0 unspecified atom stereocenters. The highest BCUT2D eigenvalue weighted by atomic mass is 32.2. The van der Waals surface area contributed by atoms with Crippen molar-refractivity contribution in [2.75, 3.05) is 11.6 Å². The number of carbonyl (C=O) groups is 1. The number of nitrogen functional groups attached to an aromatic ring is 1. The van der Waals surface area contributed by atoms with Gasteiger partial charge < -0.3 is 15.5 Å². The Hall–Kier alpha value is -3.45. The Morgan fingerprint density at radius 3 is 2.81 bits per heavy atom. The molecule has 0 aliphatic carbocycles. The zero-order chi connectivity index (χ0) is 21.8. The van der Waals surface area contributed by atoms with Crippen molar-refractivity contribution < 1.29 is 19.1 Å². The predicted molar refractivity (Wildman–Crippen MR) is 109 cm³/mol. The second-order valence-corrected chi connectivity index (χ2v) is 8.09. The van der Waals surface area contributed by atoms with E-state index in [1.807, 2.05) is 19.1 Å². The summed E-state index contributed by atoms with van der Waals surface area (Å²) in [6.07, 6.45) is 1.68. The standard InChI is InChI=1S/C18H16N8O3S2/c1-11-7-8-20-17(21-11)30-10-14-22-23-18(25(14)19)31-9-13(27)15-16(28)29-24-26(15)12-5-3-2-4-6-12/h2-8H,9-10,19H2,1H3. The van der Waals surface area contributed by atoms with E-state index in [1.165, 1.54) is 21.1 Å². The SMILES string of the molecule is Cc1ccnc(SCc2nnc(SCC(=O)c3c([O-])on[n+]3-c3ccccc3)n2N)n1. The number of para-hydroxylation sites is 1. The van der Waals surface area contributed by atoms with Gasteiger partial charge in [0.1, 0.15) is 0 Å². The van der Waals surface area contributed by atoms with Crippen molar-refractivity contribution >= 4 is 29.3 Å². The van der Waals surface area contributed by atoms with Crippen LogP contribution in [0.2, 0.25) is 0 Å². The molecule has 0 amide bonds. The van der Waals surface area contributed by atoms with Gasteiger partial charge in [0.2, 0.25) is 16.6 Å². The Morgan fingerprint density at radius 1 is 1.23 bits per heavy atom. The van der Waals surface area contributed by atoms with Gasteiger partial charge >= 0.3 is 5.69 Å². The molecule has 4 aromatic rings. The van der Waals surface area contributed by atoms with Gasteiger partial charge in [0.05, 0.1) is 16.8 Å². The molecule has 3 heterocycles. The number of carbonyl (C=O) groups excluding carboxylic acids is 1. The second kappa shape index (κ2) is 9.14. The highest BCUT2D eigenvalue weighted by molar-refractivity contribution is 7.99. The largest absolute Gasteiger partial charge is 0.539 e. The van der Waals surface area contributed by atoms with Crippen LogP contribution >= 0.6 is 23.5 Å². The number of thioether (sulfide) groups is 2. The summed E-state index contributed by atoms with van der Waals surface area (Å²) in [6, 6.07) is 10.6. The molecule has 0 spiro atoms. The third-order valence-corrected chi connectivity index (χ3v) is 5.85. The monoisotopic (exact) mass is 456 g/mol. The first-order chi connectivity index (χ1) is 15.0. The third kappa shape index (κ3) is 4.67. The van der Waals surface area contributed by atoms with Crippen LogP contribution in [0.3, 0.4) is 0 Å². The van der Waals surface area contributed by atoms with E-state index in [0.29, 0.717) is 27.6 Å². The minimum atomic E-state index is -0.807. The van der Waals surface area contributed by atoms with E-state index in [2.05, 4.69) is 30.0 Å². The molecule has 0 atom stereocenters. The van der Waals surface area contributed by atoms with Gasteiger partial charge in [0.25, 0.3) is 0 Å². The molecule has 0 bridgehead atoms. The van der Waals surface area contributed by atoms with Crippen LogP contribution in [0, 0.1) is 6.92 Å². The first-order valence-corrected chi connectivity index (χ1v) is 10.9. The van der Waals surface area contributed by atoms with Crippen molar-refractivity contribution in [2.45, 2.75) is 23.0 Å². The van der Waals surface area contributed by atoms with Crippen LogP contribution in [0.4, 0.5) is 0 Å². The number of nitrogens with zero attached hydrogens (tertiary/aromatic N) is 7. The van der Waals surface area contributed by atoms with Crippen LogP contribution in [-0.2, 0) is 5.75 Å². The summed E-state index contributed by atoms with van der Waals surface area (Å²) >= 11 is 2.44. The zero-order valence-corrected chi connectivity index (χ0v) is 17.8. The van der Waals surface area contributed by atoms with E-state index in [-0.39, 0.29) is 11.4 Å². The maximum absolute atomic E-state index is 12.7. The second-order valence-electron chi connectivity index (χ2n) is 6.21. The summed E-state index contributed by atoms with van der Waals surface area (Å²) in [5.41, 5.74) is 1.23. The molecule has 0 fully saturated rings.